The first-order valence-electron chi connectivity index (χ1n) is 10.4. The van der Waals surface area contributed by atoms with Gasteiger partial charge in [0.05, 0.1) is 24.5 Å². The Morgan fingerprint density at radius 1 is 1.03 bits per heavy atom. The van der Waals surface area contributed by atoms with Gasteiger partial charge in [-0.15, -0.1) is 10.2 Å². The lowest BCUT2D eigenvalue weighted by atomic mass is 10.1. The summed E-state index contributed by atoms with van der Waals surface area (Å²) in [6.07, 6.45) is 5.34. The number of piperidine rings is 1. The summed E-state index contributed by atoms with van der Waals surface area (Å²) in [6.45, 7) is 3.64. The lowest BCUT2D eigenvalue weighted by Crippen LogP contribution is -2.30. The Kier molecular flexibility index (Phi) is 7.56. The summed E-state index contributed by atoms with van der Waals surface area (Å²) in [4.78, 5) is 18.9. The van der Waals surface area contributed by atoms with E-state index in [0.717, 1.165) is 30.6 Å². The van der Waals surface area contributed by atoms with Crippen molar-refractivity contribution < 1.29 is 4.79 Å². The van der Waals surface area contributed by atoms with Crippen molar-refractivity contribution in [1.82, 2.24) is 24.6 Å². The normalized spacial score (nSPS) is 14.5. The van der Waals surface area contributed by atoms with E-state index in [1.165, 1.54) is 36.6 Å². The molecule has 0 aliphatic carbocycles. The van der Waals surface area contributed by atoms with Crippen molar-refractivity contribution in [2.75, 3.05) is 24.2 Å². The van der Waals surface area contributed by atoms with Crippen LogP contribution in [0.15, 0.2) is 53.8 Å². The van der Waals surface area contributed by atoms with E-state index in [4.69, 9.17) is 11.6 Å². The molecule has 31 heavy (non-hydrogen) atoms. The van der Waals surface area contributed by atoms with Crippen molar-refractivity contribution in [2.45, 2.75) is 37.5 Å². The topological polar surface area (TPSA) is 75.9 Å². The van der Waals surface area contributed by atoms with Gasteiger partial charge in [-0.25, -0.2) is 4.98 Å². The first kappa shape index (κ1) is 21.8. The number of hydrogen-bond acceptors (Lipinski definition) is 6. The molecule has 0 saturated carbocycles. The van der Waals surface area contributed by atoms with E-state index in [-0.39, 0.29) is 16.8 Å². The zero-order valence-corrected chi connectivity index (χ0v) is 18.8. The van der Waals surface area contributed by atoms with E-state index >= 15 is 0 Å². The zero-order chi connectivity index (χ0) is 21.5. The summed E-state index contributed by atoms with van der Waals surface area (Å²) in [5.74, 6) is 0.984. The number of halogens is 1. The number of likely N-dealkylation sites (tertiary alicyclic amines) is 1. The Labute approximate surface area is 191 Å². The van der Waals surface area contributed by atoms with Crippen molar-refractivity contribution >= 4 is 35.0 Å². The second-order valence-corrected chi connectivity index (χ2v) is 8.79. The third-order valence-electron chi connectivity index (χ3n) is 5.16. The monoisotopic (exact) mass is 456 g/mol. The molecule has 0 radical (unpaired) electrons. The molecule has 2 aromatic heterocycles. The van der Waals surface area contributed by atoms with Crippen molar-refractivity contribution in [3.05, 3.63) is 65.2 Å². The molecule has 4 rings (SSSR count). The molecule has 1 N–H and O–H groups in total. The van der Waals surface area contributed by atoms with Gasteiger partial charge in [0.2, 0.25) is 5.91 Å². The van der Waals surface area contributed by atoms with Crippen LogP contribution in [0.25, 0.3) is 0 Å². The predicted molar refractivity (Wildman–Crippen MR) is 123 cm³/mol. The minimum Gasteiger partial charge on any atom is -0.323 e. The van der Waals surface area contributed by atoms with Crippen LogP contribution in [0.3, 0.4) is 0 Å². The molecule has 162 valence electrons. The van der Waals surface area contributed by atoms with E-state index in [2.05, 4.69) is 42.1 Å². The van der Waals surface area contributed by atoms with Crippen molar-refractivity contribution in [1.29, 1.82) is 0 Å². The maximum atomic E-state index is 12.4. The minimum atomic E-state index is -0.160. The van der Waals surface area contributed by atoms with Crippen molar-refractivity contribution in [2.24, 2.45) is 0 Å². The first-order valence-corrected chi connectivity index (χ1v) is 11.8. The van der Waals surface area contributed by atoms with Crippen molar-refractivity contribution in [3.8, 4) is 0 Å². The predicted octanol–water partition coefficient (Wildman–Crippen LogP) is 4.09. The average Bonchev–Trinajstić information content (AvgIpc) is 3.16. The van der Waals surface area contributed by atoms with Gasteiger partial charge in [-0.05, 0) is 43.6 Å². The molecule has 3 aromatic rings. The number of carbonyl (C=O) groups is 1. The SMILES string of the molecule is O=C(CSc1nnc(CN2CCCCC2)n1Cc1ccccc1)Nc1cccnc1Cl. The highest BCUT2D eigenvalue weighted by Crippen LogP contribution is 2.22. The van der Waals surface area contributed by atoms with E-state index < -0.39 is 0 Å². The number of pyridine rings is 1. The summed E-state index contributed by atoms with van der Waals surface area (Å²) in [5, 5.41) is 12.7. The Hall–Kier alpha value is -2.42. The average molecular weight is 457 g/mol. The molecule has 1 saturated heterocycles. The first-order chi connectivity index (χ1) is 15.2. The zero-order valence-electron chi connectivity index (χ0n) is 17.2. The largest absolute Gasteiger partial charge is 0.323 e. The highest BCUT2D eigenvalue weighted by molar-refractivity contribution is 7.99. The molecular weight excluding hydrogens is 432 g/mol. The molecule has 7 nitrogen and oxygen atoms in total. The number of nitrogens with zero attached hydrogens (tertiary/aromatic N) is 5. The van der Waals surface area contributed by atoms with Gasteiger partial charge in [-0.1, -0.05) is 60.1 Å². The highest BCUT2D eigenvalue weighted by Gasteiger charge is 2.19. The van der Waals surface area contributed by atoms with Crippen LogP contribution >= 0.6 is 23.4 Å². The molecule has 3 heterocycles. The number of carbonyl (C=O) groups excluding carboxylic acids is 1. The number of aromatic nitrogens is 4. The number of thioether (sulfide) groups is 1. The number of nitrogens with one attached hydrogen (secondary N) is 1. The van der Waals surface area contributed by atoms with E-state index in [0.29, 0.717) is 12.2 Å². The summed E-state index contributed by atoms with van der Waals surface area (Å²) < 4.78 is 2.12. The minimum absolute atomic E-state index is 0.160. The highest BCUT2D eigenvalue weighted by atomic mass is 35.5. The van der Waals surface area contributed by atoms with Gasteiger partial charge in [0, 0.05) is 6.20 Å². The maximum Gasteiger partial charge on any atom is 0.234 e. The number of benzene rings is 1. The van der Waals surface area contributed by atoms with Gasteiger partial charge in [0.15, 0.2) is 10.3 Å². The smallest absolute Gasteiger partial charge is 0.234 e. The van der Waals surface area contributed by atoms with Crippen LogP contribution in [0.5, 0.6) is 0 Å². The number of anilines is 1. The van der Waals surface area contributed by atoms with Crippen LogP contribution in [-0.4, -0.2) is 49.4 Å². The molecule has 1 aliphatic heterocycles. The lowest BCUT2D eigenvalue weighted by Gasteiger charge is -2.26. The molecule has 0 bridgehead atoms. The van der Waals surface area contributed by atoms with Crippen LogP contribution in [0.2, 0.25) is 5.15 Å². The van der Waals surface area contributed by atoms with Crippen LogP contribution in [0, 0.1) is 0 Å². The molecule has 1 aromatic carbocycles. The van der Waals surface area contributed by atoms with Crippen molar-refractivity contribution in [3.63, 3.8) is 0 Å². The Morgan fingerprint density at radius 2 is 1.84 bits per heavy atom. The van der Waals surface area contributed by atoms with E-state index in [1.807, 2.05) is 18.2 Å². The second-order valence-electron chi connectivity index (χ2n) is 7.49. The number of hydrogen-bond donors (Lipinski definition) is 1. The molecule has 0 spiro atoms. The lowest BCUT2D eigenvalue weighted by molar-refractivity contribution is -0.113. The Bertz CT molecular complexity index is 1010. The van der Waals surface area contributed by atoms with Gasteiger partial charge in [0.1, 0.15) is 5.82 Å². The Morgan fingerprint density at radius 3 is 2.61 bits per heavy atom. The fourth-order valence-corrected chi connectivity index (χ4v) is 4.50. The Balaban J connectivity index is 1.46. The second kappa shape index (κ2) is 10.7. The quantitative estimate of drug-likeness (QED) is 0.406. The van der Waals surface area contributed by atoms with Crippen LogP contribution < -0.4 is 5.32 Å². The molecule has 1 aliphatic rings. The number of amides is 1. The molecule has 1 fully saturated rings. The standard InChI is InChI=1S/C22H25ClN6OS/c23-21-18(10-7-11-24-21)25-20(30)16-31-22-27-26-19(15-28-12-5-2-6-13-28)29(22)14-17-8-3-1-4-9-17/h1,3-4,7-11H,2,5-6,12-16H2,(H,25,30). The summed E-state index contributed by atoms with van der Waals surface area (Å²) >= 11 is 7.41. The van der Waals surface area contributed by atoms with Gasteiger partial charge < -0.3 is 9.88 Å². The van der Waals surface area contributed by atoms with Crippen LogP contribution in [0.1, 0.15) is 30.7 Å². The van der Waals surface area contributed by atoms with Gasteiger partial charge in [-0.3, -0.25) is 9.69 Å². The third kappa shape index (κ3) is 6.06. The van der Waals surface area contributed by atoms with Crippen LogP contribution in [-0.2, 0) is 17.9 Å². The maximum absolute atomic E-state index is 12.4. The fraction of sp³-hybridized carbons (Fsp3) is 0.364. The van der Waals surface area contributed by atoms with Gasteiger partial charge in [-0.2, -0.15) is 0 Å². The van der Waals surface area contributed by atoms with Gasteiger partial charge >= 0.3 is 0 Å². The number of rotatable bonds is 8. The van der Waals surface area contributed by atoms with E-state index in [1.54, 1.807) is 18.3 Å². The molecule has 1 amide bonds. The molecule has 9 heteroatoms. The molecular formula is C22H25ClN6OS. The summed E-state index contributed by atoms with van der Waals surface area (Å²) in [7, 11) is 0. The molecule has 0 atom stereocenters. The van der Waals surface area contributed by atoms with Gasteiger partial charge in [0.25, 0.3) is 0 Å². The fourth-order valence-electron chi connectivity index (χ4n) is 3.58. The van der Waals surface area contributed by atoms with E-state index in [9.17, 15) is 4.79 Å². The van der Waals surface area contributed by atoms with Crippen LogP contribution in [0.4, 0.5) is 5.69 Å². The molecule has 0 unspecified atom stereocenters. The third-order valence-corrected chi connectivity index (χ3v) is 6.42. The summed E-state index contributed by atoms with van der Waals surface area (Å²) in [5.41, 5.74) is 1.68. The summed E-state index contributed by atoms with van der Waals surface area (Å²) in [6, 6.07) is 13.7.